The van der Waals surface area contributed by atoms with Crippen molar-refractivity contribution in [3.05, 3.63) is 58.3 Å². The van der Waals surface area contributed by atoms with E-state index >= 15 is 0 Å². The molecule has 0 aliphatic carbocycles. The predicted molar refractivity (Wildman–Crippen MR) is 83.9 cm³/mol. The summed E-state index contributed by atoms with van der Waals surface area (Å²) in [5, 5.41) is 9.20. The van der Waals surface area contributed by atoms with E-state index in [2.05, 4.69) is 20.9 Å². The highest BCUT2D eigenvalue weighted by Crippen LogP contribution is 2.22. The van der Waals surface area contributed by atoms with Crippen molar-refractivity contribution in [1.29, 1.82) is 0 Å². The number of aromatic nitrogens is 1. The van der Waals surface area contributed by atoms with Gasteiger partial charge in [-0.05, 0) is 27.6 Å². The molecule has 2 aromatic rings. The summed E-state index contributed by atoms with van der Waals surface area (Å²) in [4.78, 5) is 28.4. The lowest BCUT2D eigenvalue weighted by molar-refractivity contribution is 0.0697. The number of anilines is 1. The number of pyridine rings is 1. The van der Waals surface area contributed by atoms with Crippen LogP contribution >= 0.6 is 15.9 Å². The number of amides is 1. The number of carboxylic acids is 1. The van der Waals surface area contributed by atoms with Crippen molar-refractivity contribution in [2.75, 3.05) is 11.9 Å². The molecule has 1 heterocycles. The summed E-state index contributed by atoms with van der Waals surface area (Å²) in [7, 11) is 1.44. The van der Waals surface area contributed by atoms with Crippen LogP contribution in [0, 0.1) is 0 Å². The standard InChI is InChI=1S/C15H13BrN2O4/c1-18(12-8-17-13(16)7-11(12)14(19)20)15(21)22-9-10-5-3-2-4-6-10/h2-8H,9H2,1H3,(H,19,20). The van der Waals surface area contributed by atoms with Gasteiger partial charge >= 0.3 is 12.1 Å². The van der Waals surface area contributed by atoms with Crippen molar-refractivity contribution in [3.63, 3.8) is 0 Å². The largest absolute Gasteiger partial charge is 0.478 e. The highest BCUT2D eigenvalue weighted by molar-refractivity contribution is 9.10. The number of halogens is 1. The van der Waals surface area contributed by atoms with E-state index in [4.69, 9.17) is 4.74 Å². The summed E-state index contributed by atoms with van der Waals surface area (Å²) >= 11 is 3.10. The molecule has 2 rings (SSSR count). The van der Waals surface area contributed by atoms with Gasteiger partial charge in [0.1, 0.15) is 11.2 Å². The van der Waals surface area contributed by atoms with E-state index in [9.17, 15) is 14.7 Å². The van der Waals surface area contributed by atoms with Gasteiger partial charge < -0.3 is 9.84 Å². The third kappa shape index (κ3) is 3.82. The van der Waals surface area contributed by atoms with E-state index in [0.29, 0.717) is 4.60 Å². The molecular formula is C15H13BrN2O4. The van der Waals surface area contributed by atoms with E-state index in [0.717, 1.165) is 10.5 Å². The molecule has 114 valence electrons. The van der Waals surface area contributed by atoms with Gasteiger partial charge in [-0.1, -0.05) is 30.3 Å². The van der Waals surface area contributed by atoms with Crippen molar-refractivity contribution in [1.82, 2.24) is 4.98 Å². The number of hydrogen-bond donors (Lipinski definition) is 1. The van der Waals surface area contributed by atoms with Crippen molar-refractivity contribution >= 4 is 33.7 Å². The molecule has 7 heteroatoms. The summed E-state index contributed by atoms with van der Waals surface area (Å²) in [6, 6.07) is 10.5. The Balaban J connectivity index is 2.12. The number of ether oxygens (including phenoxy) is 1. The SMILES string of the molecule is CN(C(=O)OCc1ccccc1)c1cnc(Br)cc1C(=O)O. The Morgan fingerprint density at radius 1 is 1.32 bits per heavy atom. The first-order chi connectivity index (χ1) is 10.5. The summed E-state index contributed by atoms with van der Waals surface area (Å²) in [5.41, 5.74) is 0.964. The van der Waals surface area contributed by atoms with Gasteiger partial charge in [0.15, 0.2) is 0 Å². The summed E-state index contributed by atoms with van der Waals surface area (Å²) in [6.45, 7) is 0.108. The Morgan fingerprint density at radius 2 is 2.00 bits per heavy atom. The van der Waals surface area contributed by atoms with Crippen LogP contribution in [0.5, 0.6) is 0 Å². The van der Waals surface area contributed by atoms with Crippen molar-refractivity contribution < 1.29 is 19.4 Å². The monoisotopic (exact) mass is 364 g/mol. The highest BCUT2D eigenvalue weighted by atomic mass is 79.9. The third-order valence-electron chi connectivity index (χ3n) is 2.92. The van der Waals surface area contributed by atoms with Gasteiger partial charge in [0.25, 0.3) is 0 Å². The van der Waals surface area contributed by atoms with Gasteiger partial charge in [-0.2, -0.15) is 0 Å². The quantitative estimate of drug-likeness (QED) is 0.841. The maximum absolute atomic E-state index is 12.0. The highest BCUT2D eigenvalue weighted by Gasteiger charge is 2.20. The van der Waals surface area contributed by atoms with Crippen LogP contribution in [0.25, 0.3) is 0 Å². The van der Waals surface area contributed by atoms with Gasteiger partial charge in [-0.3, -0.25) is 4.90 Å². The number of carboxylic acid groups (broad SMARTS) is 1. The lowest BCUT2D eigenvalue weighted by Crippen LogP contribution is -2.28. The number of hydrogen-bond acceptors (Lipinski definition) is 4. The van der Waals surface area contributed by atoms with Crippen molar-refractivity contribution in [3.8, 4) is 0 Å². The predicted octanol–water partition coefficient (Wildman–Crippen LogP) is 3.32. The lowest BCUT2D eigenvalue weighted by atomic mass is 10.2. The molecule has 0 aliphatic heterocycles. The van der Waals surface area contributed by atoms with Gasteiger partial charge in [-0.25, -0.2) is 14.6 Å². The summed E-state index contributed by atoms with van der Waals surface area (Å²) in [5.74, 6) is -1.15. The average molecular weight is 365 g/mol. The first-order valence-corrected chi connectivity index (χ1v) is 7.11. The molecule has 1 aromatic heterocycles. The van der Waals surface area contributed by atoms with Crippen LogP contribution in [0.4, 0.5) is 10.5 Å². The number of carbonyl (C=O) groups excluding carboxylic acids is 1. The first-order valence-electron chi connectivity index (χ1n) is 6.32. The van der Waals surface area contributed by atoms with Gasteiger partial charge in [0.05, 0.1) is 17.4 Å². The van der Waals surface area contributed by atoms with Crippen LogP contribution in [-0.2, 0) is 11.3 Å². The minimum atomic E-state index is -1.15. The molecule has 1 amide bonds. The Morgan fingerprint density at radius 3 is 2.64 bits per heavy atom. The average Bonchev–Trinajstić information content (AvgIpc) is 2.52. The maximum Gasteiger partial charge on any atom is 0.414 e. The molecule has 1 N–H and O–H groups in total. The van der Waals surface area contributed by atoms with Crippen LogP contribution in [0.2, 0.25) is 0 Å². The molecule has 22 heavy (non-hydrogen) atoms. The Kier molecular flexibility index (Phi) is 5.11. The first kappa shape index (κ1) is 16.0. The second-order valence-corrected chi connectivity index (χ2v) is 5.24. The summed E-state index contributed by atoms with van der Waals surface area (Å²) in [6.07, 6.45) is 0.646. The lowest BCUT2D eigenvalue weighted by Gasteiger charge is -2.18. The minimum absolute atomic E-state index is 0.0407. The van der Waals surface area contributed by atoms with E-state index < -0.39 is 12.1 Å². The normalized spacial score (nSPS) is 10.1. The van der Waals surface area contributed by atoms with Crippen LogP contribution in [-0.4, -0.2) is 29.2 Å². The maximum atomic E-state index is 12.0. The molecule has 1 aromatic carbocycles. The van der Waals surface area contributed by atoms with Crippen LogP contribution in [0.3, 0.4) is 0 Å². The molecular weight excluding hydrogens is 352 g/mol. The van der Waals surface area contributed by atoms with E-state index in [1.807, 2.05) is 30.3 Å². The number of rotatable bonds is 4. The van der Waals surface area contributed by atoms with E-state index in [-0.39, 0.29) is 17.9 Å². The van der Waals surface area contributed by atoms with E-state index in [1.54, 1.807) is 0 Å². The molecule has 0 fully saturated rings. The minimum Gasteiger partial charge on any atom is -0.478 e. The fourth-order valence-electron chi connectivity index (χ4n) is 1.78. The van der Waals surface area contributed by atoms with Crippen LogP contribution < -0.4 is 4.90 Å². The summed E-state index contributed by atoms with van der Waals surface area (Å²) < 4.78 is 5.54. The van der Waals surface area contributed by atoms with Gasteiger partial charge in [0.2, 0.25) is 0 Å². The fourth-order valence-corrected chi connectivity index (χ4v) is 2.11. The molecule has 0 atom stereocenters. The molecule has 0 bridgehead atoms. The molecule has 0 saturated carbocycles. The molecule has 0 unspecified atom stereocenters. The smallest absolute Gasteiger partial charge is 0.414 e. The van der Waals surface area contributed by atoms with E-state index in [1.165, 1.54) is 19.3 Å². The fraction of sp³-hybridized carbons (Fsp3) is 0.133. The van der Waals surface area contributed by atoms with Crippen LogP contribution in [0.1, 0.15) is 15.9 Å². The van der Waals surface area contributed by atoms with Crippen molar-refractivity contribution in [2.24, 2.45) is 0 Å². The number of carbonyl (C=O) groups is 2. The number of aromatic carboxylic acids is 1. The zero-order chi connectivity index (χ0) is 16.1. The zero-order valence-electron chi connectivity index (χ0n) is 11.7. The topological polar surface area (TPSA) is 79.7 Å². The molecule has 0 radical (unpaired) electrons. The second-order valence-electron chi connectivity index (χ2n) is 4.43. The zero-order valence-corrected chi connectivity index (χ0v) is 13.3. The number of nitrogens with zero attached hydrogens (tertiary/aromatic N) is 2. The van der Waals surface area contributed by atoms with Gasteiger partial charge in [-0.15, -0.1) is 0 Å². The van der Waals surface area contributed by atoms with Crippen LogP contribution in [0.15, 0.2) is 47.2 Å². The number of benzene rings is 1. The van der Waals surface area contributed by atoms with Crippen molar-refractivity contribution in [2.45, 2.75) is 6.61 Å². The molecule has 0 aliphatic rings. The second kappa shape index (κ2) is 7.04. The Bertz CT molecular complexity index is 691. The Hall–Kier alpha value is -2.41. The molecule has 6 nitrogen and oxygen atoms in total. The third-order valence-corrected chi connectivity index (χ3v) is 3.35. The van der Waals surface area contributed by atoms with Gasteiger partial charge in [0, 0.05) is 7.05 Å². The Labute approximate surface area is 135 Å². The molecule has 0 saturated heterocycles. The molecule has 0 spiro atoms.